The minimum absolute atomic E-state index is 0.0903. The summed E-state index contributed by atoms with van der Waals surface area (Å²) in [5.74, 6) is 0.898. The molecular formula is C42H44N10O6. The third-order valence-corrected chi connectivity index (χ3v) is 12.0. The zero-order valence-corrected chi connectivity index (χ0v) is 32.0. The lowest BCUT2D eigenvalue weighted by Crippen LogP contribution is -2.70. The topological polar surface area (TPSA) is 199 Å². The molecule has 0 spiro atoms. The lowest BCUT2D eigenvalue weighted by atomic mass is 9.95. The lowest BCUT2D eigenvalue weighted by Gasteiger charge is -2.55. The highest BCUT2D eigenvalue weighted by Crippen LogP contribution is 2.35. The Morgan fingerprint density at radius 3 is 2.16 bits per heavy atom. The number of aromatic nitrogens is 2. The molecule has 0 aliphatic carbocycles. The van der Waals surface area contributed by atoms with Crippen molar-refractivity contribution in [3.05, 3.63) is 95.3 Å². The summed E-state index contributed by atoms with van der Waals surface area (Å²) < 4.78 is 11.2. The van der Waals surface area contributed by atoms with Gasteiger partial charge in [-0.05, 0) is 86.0 Å². The maximum Gasteiger partial charge on any atom is 0.262 e. The van der Waals surface area contributed by atoms with Crippen molar-refractivity contribution in [2.24, 2.45) is 0 Å². The molecule has 4 fully saturated rings. The quantitative estimate of drug-likeness (QED) is 0.128. The van der Waals surface area contributed by atoms with E-state index in [1.807, 2.05) is 54.6 Å². The van der Waals surface area contributed by atoms with Gasteiger partial charge in [0.25, 0.3) is 11.8 Å². The Morgan fingerprint density at radius 1 is 0.810 bits per heavy atom. The van der Waals surface area contributed by atoms with Crippen molar-refractivity contribution < 1.29 is 28.7 Å². The van der Waals surface area contributed by atoms with E-state index in [4.69, 9.17) is 20.6 Å². The van der Waals surface area contributed by atoms with Crippen LogP contribution in [0.4, 0.5) is 17.3 Å². The summed E-state index contributed by atoms with van der Waals surface area (Å²) in [7, 11) is 1.62. The van der Waals surface area contributed by atoms with Crippen molar-refractivity contribution in [2.75, 3.05) is 62.3 Å². The Morgan fingerprint density at radius 2 is 1.47 bits per heavy atom. The van der Waals surface area contributed by atoms with Crippen LogP contribution < -0.4 is 30.7 Å². The van der Waals surface area contributed by atoms with Gasteiger partial charge in [-0.25, -0.2) is 9.97 Å². The molecule has 0 radical (unpaired) electrons. The number of imide groups is 2. The van der Waals surface area contributed by atoms with Gasteiger partial charge < -0.3 is 25.4 Å². The summed E-state index contributed by atoms with van der Waals surface area (Å²) in [6.45, 7) is 5.57. The molecule has 1 aromatic heterocycles. The normalized spacial score (nSPS) is 20.7. The van der Waals surface area contributed by atoms with Crippen molar-refractivity contribution in [2.45, 2.75) is 49.9 Å². The molecule has 5 aliphatic rings. The number of hydrogen-bond donors (Lipinski definition) is 4. The standard InChI is InChI=1S/C42H44N10O6/c1-57-29-7-9-31(10-8-29)58-30-5-2-24(3-6-30)37(43)36-38(44)45-23-46-39(36)47-25-14-16-49(17-15-25)27-19-51(20-27)28-21-50(22-28)26-4-11-32-33(18-26)42(56)52(41(32)55)34-12-13-35(53)48-40(34)54/h2-11,18,23,25,27-28,34,43H,12-17,19-22H2,1H3,(H,48,53,54)(H3,44,45,46,47). The molecule has 4 aromatic rings. The number of nitrogens with two attached hydrogens (primary N) is 1. The Labute approximate surface area is 334 Å². The molecule has 1 atom stereocenters. The van der Waals surface area contributed by atoms with Crippen LogP contribution in [0.5, 0.6) is 17.2 Å². The predicted octanol–water partition coefficient (Wildman–Crippen LogP) is 3.13. The molecule has 3 aromatic carbocycles. The van der Waals surface area contributed by atoms with Crippen LogP contribution in [0.25, 0.3) is 0 Å². The summed E-state index contributed by atoms with van der Waals surface area (Å²) in [5, 5.41) is 14.9. The largest absolute Gasteiger partial charge is 0.497 e. The third-order valence-electron chi connectivity index (χ3n) is 12.0. The summed E-state index contributed by atoms with van der Waals surface area (Å²) in [6.07, 6.45) is 3.52. The van der Waals surface area contributed by atoms with E-state index in [0.717, 1.165) is 68.4 Å². The van der Waals surface area contributed by atoms with Gasteiger partial charge in [0.2, 0.25) is 11.8 Å². The Balaban J connectivity index is 0.742. The van der Waals surface area contributed by atoms with Gasteiger partial charge in [0, 0.05) is 75.1 Å². The fourth-order valence-electron chi connectivity index (χ4n) is 8.54. The van der Waals surface area contributed by atoms with Gasteiger partial charge in [-0.2, -0.15) is 0 Å². The molecule has 0 bridgehead atoms. The molecular weight excluding hydrogens is 741 g/mol. The number of nitrogens with one attached hydrogen (secondary N) is 3. The number of amides is 4. The molecule has 298 valence electrons. The molecule has 16 heteroatoms. The van der Waals surface area contributed by atoms with Crippen LogP contribution in [0.3, 0.4) is 0 Å². The fraction of sp³-hybridized carbons (Fsp3) is 0.357. The second-order valence-electron chi connectivity index (χ2n) is 15.5. The number of rotatable bonds is 11. The third kappa shape index (κ3) is 6.98. The molecule has 6 heterocycles. The van der Waals surface area contributed by atoms with Crippen molar-refractivity contribution in [3.8, 4) is 17.2 Å². The van der Waals surface area contributed by atoms with Crippen LogP contribution in [0.1, 0.15) is 57.5 Å². The van der Waals surface area contributed by atoms with E-state index < -0.39 is 29.7 Å². The lowest BCUT2D eigenvalue weighted by molar-refractivity contribution is -0.136. The van der Waals surface area contributed by atoms with Gasteiger partial charge in [0.1, 0.15) is 41.3 Å². The molecule has 4 saturated heterocycles. The minimum atomic E-state index is -0.974. The summed E-state index contributed by atoms with van der Waals surface area (Å²) in [4.78, 5) is 67.4. The first-order valence-corrected chi connectivity index (χ1v) is 19.6. The minimum Gasteiger partial charge on any atom is -0.497 e. The number of methoxy groups -OCH3 is 1. The highest BCUT2D eigenvalue weighted by molar-refractivity contribution is 6.23. The smallest absolute Gasteiger partial charge is 0.262 e. The van der Waals surface area contributed by atoms with E-state index in [9.17, 15) is 19.2 Å². The molecule has 58 heavy (non-hydrogen) atoms. The Hall–Kier alpha value is -6.39. The number of nitrogens with zero attached hydrogens (tertiary/aromatic N) is 6. The van der Waals surface area contributed by atoms with Gasteiger partial charge >= 0.3 is 0 Å². The number of benzene rings is 3. The van der Waals surface area contributed by atoms with Crippen LogP contribution >= 0.6 is 0 Å². The number of hydrogen-bond acceptors (Lipinski definition) is 14. The maximum absolute atomic E-state index is 13.3. The Bertz CT molecular complexity index is 2280. The van der Waals surface area contributed by atoms with Gasteiger partial charge in [-0.1, -0.05) is 0 Å². The van der Waals surface area contributed by atoms with Crippen LogP contribution in [-0.2, 0) is 9.59 Å². The van der Waals surface area contributed by atoms with E-state index >= 15 is 0 Å². The van der Waals surface area contributed by atoms with Crippen molar-refractivity contribution in [1.29, 1.82) is 5.41 Å². The number of nitrogen functional groups attached to an aromatic ring is 1. The molecule has 5 N–H and O–H groups in total. The van der Waals surface area contributed by atoms with E-state index in [1.165, 1.54) is 6.33 Å². The maximum atomic E-state index is 13.3. The van der Waals surface area contributed by atoms with Crippen LogP contribution in [0.2, 0.25) is 0 Å². The summed E-state index contributed by atoms with van der Waals surface area (Å²) >= 11 is 0. The molecule has 16 nitrogen and oxygen atoms in total. The SMILES string of the molecule is COc1ccc(Oc2ccc(C(=N)c3c(N)ncnc3NC3CCN(C4CN(C5CN(c6ccc7c(c6)C(=O)N(C6CCC(=O)NC6=O)C7=O)C5)C4)CC3)cc2)cc1. The number of likely N-dealkylation sites (tertiary alicyclic amines) is 2. The molecule has 5 aliphatic heterocycles. The molecule has 4 amide bonds. The van der Waals surface area contributed by atoms with Crippen molar-refractivity contribution >= 4 is 46.7 Å². The van der Waals surface area contributed by atoms with Gasteiger partial charge in [-0.15, -0.1) is 0 Å². The van der Waals surface area contributed by atoms with Crippen molar-refractivity contribution in [3.63, 3.8) is 0 Å². The van der Waals surface area contributed by atoms with Crippen molar-refractivity contribution in [1.82, 2.24) is 30.0 Å². The van der Waals surface area contributed by atoms with Crippen LogP contribution in [0, 0.1) is 5.41 Å². The molecule has 1 unspecified atom stereocenters. The number of fused-ring (bicyclic) bond motifs is 1. The second-order valence-corrected chi connectivity index (χ2v) is 15.5. The van der Waals surface area contributed by atoms with E-state index in [1.54, 1.807) is 19.2 Å². The van der Waals surface area contributed by atoms with Gasteiger partial charge in [0.05, 0.1) is 29.5 Å². The zero-order valence-electron chi connectivity index (χ0n) is 32.0. The number of ether oxygens (including phenoxy) is 2. The van der Waals surface area contributed by atoms with Gasteiger partial charge in [0.15, 0.2) is 0 Å². The predicted molar refractivity (Wildman–Crippen MR) is 215 cm³/mol. The van der Waals surface area contributed by atoms with E-state index in [2.05, 4.69) is 35.3 Å². The first-order chi connectivity index (χ1) is 28.1. The molecule has 9 rings (SSSR count). The van der Waals surface area contributed by atoms with E-state index in [-0.39, 0.29) is 30.4 Å². The van der Waals surface area contributed by atoms with Gasteiger partial charge in [-0.3, -0.25) is 44.6 Å². The van der Waals surface area contributed by atoms with Crippen LogP contribution in [0.15, 0.2) is 73.1 Å². The number of carbonyl (C=O) groups is 4. The fourth-order valence-corrected chi connectivity index (χ4v) is 8.54. The van der Waals surface area contributed by atoms with Crippen LogP contribution in [-0.4, -0.2) is 125 Å². The highest BCUT2D eigenvalue weighted by Gasteiger charge is 2.46. The number of carbonyl (C=O) groups excluding carboxylic acids is 4. The highest BCUT2D eigenvalue weighted by atomic mass is 16.5. The summed E-state index contributed by atoms with van der Waals surface area (Å²) in [6, 6.07) is 20.1. The molecule has 0 saturated carbocycles. The average Bonchev–Trinajstić information content (AvgIpc) is 3.44. The summed E-state index contributed by atoms with van der Waals surface area (Å²) in [5.41, 5.74) is 9.20. The monoisotopic (exact) mass is 784 g/mol. The number of piperidine rings is 2. The second kappa shape index (κ2) is 15.2. The first-order valence-electron chi connectivity index (χ1n) is 19.6. The zero-order chi connectivity index (χ0) is 40.1. The van der Waals surface area contributed by atoms with E-state index in [0.29, 0.717) is 51.7 Å². The number of anilines is 3. The Kier molecular flexibility index (Phi) is 9.73. The average molecular weight is 785 g/mol. The first kappa shape index (κ1) is 37.2.